The zero-order valence-electron chi connectivity index (χ0n) is 13.5. The maximum atomic E-state index is 12.3. The first-order chi connectivity index (χ1) is 10.9. The third kappa shape index (κ3) is 3.01. The summed E-state index contributed by atoms with van der Waals surface area (Å²) in [7, 11) is 0. The molecule has 1 amide bonds. The second kappa shape index (κ2) is 5.71. The van der Waals surface area contributed by atoms with Crippen LogP contribution in [0, 0.1) is 27.7 Å². The average Bonchev–Trinajstić information content (AvgIpc) is 3.16. The molecule has 8 nitrogen and oxygen atoms in total. The van der Waals surface area contributed by atoms with E-state index in [9.17, 15) is 4.79 Å². The van der Waals surface area contributed by atoms with E-state index >= 15 is 0 Å². The van der Waals surface area contributed by atoms with Crippen molar-refractivity contribution in [2.75, 3.05) is 5.32 Å². The van der Waals surface area contributed by atoms with E-state index < -0.39 is 0 Å². The summed E-state index contributed by atoms with van der Waals surface area (Å²) in [6.07, 6.45) is 1.75. The van der Waals surface area contributed by atoms with Crippen molar-refractivity contribution in [2.24, 2.45) is 0 Å². The van der Waals surface area contributed by atoms with E-state index in [1.807, 2.05) is 24.6 Å². The fourth-order valence-corrected chi connectivity index (χ4v) is 2.36. The summed E-state index contributed by atoms with van der Waals surface area (Å²) in [6, 6.07) is 3.66. The summed E-state index contributed by atoms with van der Waals surface area (Å²) < 4.78 is 8.53. The van der Waals surface area contributed by atoms with Crippen LogP contribution in [0.2, 0.25) is 0 Å². The first-order valence-electron chi connectivity index (χ1n) is 7.23. The number of carbonyl (C=O) groups is 1. The molecule has 0 aliphatic carbocycles. The number of hydrogen-bond acceptors (Lipinski definition) is 5. The van der Waals surface area contributed by atoms with Gasteiger partial charge in [-0.15, -0.1) is 0 Å². The Kier molecular flexibility index (Phi) is 3.73. The standard InChI is InChI=1S/C15H18N6O2/c1-9-7-10(2)21(17-9)8-20-6-5-13(18-20)15(22)16-14-11(3)19-23-12(14)4/h5-7H,8H2,1-4H3,(H,16,22). The van der Waals surface area contributed by atoms with Crippen LogP contribution in [0.25, 0.3) is 0 Å². The number of anilines is 1. The molecule has 0 spiro atoms. The Balaban J connectivity index is 1.74. The quantitative estimate of drug-likeness (QED) is 0.796. The third-order valence-corrected chi connectivity index (χ3v) is 3.53. The molecule has 0 unspecified atom stereocenters. The lowest BCUT2D eigenvalue weighted by molar-refractivity contribution is 0.102. The van der Waals surface area contributed by atoms with Gasteiger partial charge in [-0.1, -0.05) is 5.16 Å². The Bertz CT molecular complexity index is 838. The number of aryl methyl sites for hydroxylation is 4. The first kappa shape index (κ1) is 15.0. The minimum atomic E-state index is -0.300. The average molecular weight is 314 g/mol. The number of carbonyl (C=O) groups excluding carboxylic acids is 1. The molecule has 0 atom stereocenters. The number of hydrogen-bond donors (Lipinski definition) is 1. The van der Waals surface area contributed by atoms with Crippen molar-refractivity contribution < 1.29 is 9.32 Å². The molecule has 0 aromatic carbocycles. The van der Waals surface area contributed by atoms with E-state index in [1.54, 1.807) is 30.8 Å². The van der Waals surface area contributed by atoms with Crippen molar-refractivity contribution in [2.45, 2.75) is 34.4 Å². The smallest absolute Gasteiger partial charge is 0.276 e. The van der Waals surface area contributed by atoms with Gasteiger partial charge in [0.25, 0.3) is 5.91 Å². The van der Waals surface area contributed by atoms with E-state index in [4.69, 9.17) is 4.52 Å². The minimum Gasteiger partial charge on any atom is -0.359 e. The lowest BCUT2D eigenvalue weighted by atomic mass is 10.3. The molecule has 0 saturated heterocycles. The molecule has 0 fully saturated rings. The summed E-state index contributed by atoms with van der Waals surface area (Å²) in [5.74, 6) is 0.268. The molecule has 3 rings (SSSR count). The topological polar surface area (TPSA) is 90.8 Å². The highest BCUT2D eigenvalue weighted by atomic mass is 16.5. The van der Waals surface area contributed by atoms with Crippen molar-refractivity contribution in [1.82, 2.24) is 24.7 Å². The molecule has 0 radical (unpaired) electrons. The molecule has 3 heterocycles. The molecular weight excluding hydrogens is 296 g/mol. The molecule has 3 aromatic rings. The van der Waals surface area contributed by atoms with Gasteiger partial charge in [0.2, 0.25) is 0 Å². The maximum Gasteiger partial charge on any atom is 0.276 e. The molecule has 0 aliphatic heterocycles. The SMILES string of the molecule is Cc1cc(C)n(Cn2ccc(C(=O)Nc3c(C)noc3C)n2)n1. The summed E-state index contributed by atoms with van der Waals surface area (Å²) in [4.78, 5) is 12.3. The van der Waals surface area contributed by atoms with Crippen LogP contribution in [0.15, 0.2) is 22.9 Å². The van der Waals surface area contributed by atoms with Gasteiger partial charge >= 0.3 is 0 Å². The summed E-state index contributed by atoms with van der Waals surface area (Å²) >= 11 is 0. The number of nitrogens with one attached hydrogen (secondary N) is 1. The van der Waals surface area contributed by atoms with Gasteiger partial charge in [-0.25, -0.2) is 4.68 Å². The molecule has 0 aliphatic rings. The zero-order chi connectivity index (χ0) is 16.6. The third-order valence-electron chi connectivity index (χ3n) is 3.53. The van der Waals surface area contributed by atoms with Crippen molar-refractivity contribution in [3.05, 3.63) is 46.9 Å². The fraction of sp³-hybridized carbons (Fsp3) is 0.333. The van der Waals surface area contributed by atoms with Crippen molar-refractivity contribution >= 4 is 11.6 Å². The Morgan fingerprint density at radius 1 is 1.26 bits per heavy atom. The number of amides is 1. The van der Waals surface area contributed by atoms with Gasteiger partial charge in [0, 0.05) is 11.9 Å². The highest BCUT2D eigenvalue weighted by Gasteiger charge is 2.16. The zero-order valence-corrected chi connectivity index (χ0v) is 13.5. The number of rotatable bonds is 4. The van der Waals surface area contributed by atoms with Gasteiger partial charge in [0.05, 0.1) is 5.69 Å². The van der Waals surface area contributed by atoms with E-state index in [0.717, 1.165) is 11.4 Å². The van der Waals surface area contributed by atoms with Crippen LogP contribution in [0.4, 0.5) is 5.69 Å². The van der Waals surface area contributed by atoms with Gasteiger partial charge in [0.1, 0.15) is 18.1 Å². The monoisotopic (exact) mass is 314 g/mol. The lowest BCUT2D eigenvalue weighted by Crippen LogP contribution is -2.16. The normalized spacial score (nSPS) is 11.0. The minimum absolute atomic E-state index is 0.300. The van der Waals surface area contributed by atoms with E-state index in [0.29, 0.717) is 29.5 Å². The van der Waals surface area contributed by atoms with E-state index in [2.05, 4.69) is 20.7 Å². The van der Waals surface area contributed by atoms with E-state index in [-0.39, 0.29) is 5.91 Å². The lowest BCUT2D eigenvalue weighted by Gasteiger charge is -2.04. The Morgan fingerprint density at radius 2 is 2.04 bits per heavy atom. The molecule has 0 bridgehead atoms. The second-order valence-electron chi connectivity index (χ2n) is 5.46. The summed E-state index contributed by atoms with van der Waals surface area (Å²) in [5.41, 5.74) is 3.54. The van der Waals surface area contributed by atoms with Gasteiger partial charge < -0.3 is 9.84 Å². The van der Waals surface area contributed by atoms with E-state index in [1.165, 1.54) is 0 Å². The largest absolute Gasteiger partial charge is 0.359 e. The highest BCUT2D eigenvalue weighted by molar-refractivity contribution is 6.03. The second-order valence-corrected chi connectivity index (χ2v) is 5.46. The molecule has 120 valence electrons. The van der Waals surface area contributed by atoms with Gasteiger partial charge in [-0.2, -0.15) is 10.2 Å². The highest BCUT2D eigenvalue weighted by Crippen LogP contribution is 2.19. The first-order valence-corrected chi connectivity index (χ1v) is 7.23. The molecule has 1 N–H and O–H groups in total. The van der Waals surface area contributed by atoms with Crippen LogP contribution in [0.5, 0.6) is 0 Å². The van der Waals surface area contributed by atoms with Crippen LogP contribution in [-0.4, -0.2) is 30.6 Å². The van der Waals surface area contributed by atoms with Crippen molar-refractivity contribution in [1.29, 1.82) is 0 Å². The van der Waals surface area contributed by atoms with Crippen LogP contribution >= 0.6 is 0 Å². The van der Waals surface area contributed by atoms with Crippen LogP contribution in [-0.2, 0) is 6.67 Å². The van der Waals surface area contributed by atoms with Gasteiger partial charge in [-0.05, 0) is 39.8 Å². The van der Waals surface area contributed by atoms with Crippen LogP contribution in [0.3, 0.4) is 0 Å². The molecule has 3 aromatic heterocycles. The molecule has 8 heteroatoms. The summed E-state index contributed by atoms with van der Waals surface area (Å²) in [5, 5.41) is 15.2. The maximum absolute atomic E-state index is 12.3. The number of aromatic nitrogens is 5. The summed E-state index contributed by atoms with van der Waals surface area (Å²) in [6.45, 7) is 7.90. The van der Waals surface area contributed by atoms with Crippen molar-refractivity contribution in [3.63, 3.8) is 0 Å². The number of nitrogens with zero attached hydrogens (tertiary/aromatic N) is 5. The fourth-order valence-electron chi connectivity index (χ4n) is 2.36. The van der Waals surface area contributed by atoms with Crippen molar-refractivity contribution in [3.8, 4) is 0 Å². The predicted molar refractivity (Wildman–Crippen MR) is 83.3 cm³/mol. The molecule has 23 heavy (non-hydrogen) atoms. The Hall–Kier alpha value is -2.90. The Morgan fingerprint density at radius 3 is 2.65 bits per heavy atom. The predicted octanol–water partition coefficient (Wildman–Crippen LogP) is 2.06. The molecule has 0 saturated carbocycles. The van der Waals surface area contributed by atoms with Crippen LogP contribution in [0.1, 0.15) is 33.3 Å². The molecular formula is C15H18N6O2. The van der Waals surface area contributed by atoms with Crippen LogP contribution < -0.4 is 5.32 Å². The Labute approximate surface area is 133 Å². The van der Waals surface area contributed by atoms with Gasteiger partial charge in [-0.3, -0.25) is 9.48 Å². The van der Waals surface area contributed by atoms with Gasteiger partial charge in [0.15, 0.2) is 11.5 Å².